The van der Waals surface area contributed by atoms with Crippen molar-refractivity contribution in [3.8, 4) is 0 Å². The van der Waals surface area contributed by atoms with E-state index in [-0.39, 0.29) is 11.6 Å². The molecule has 2 aromatic heterocycles. The number of pyridine rings is 1. The van der Waals surface area contributed by atoms with E-state index in [4.69, 9.17) is 0 Å². The lowest BCUT2D eigenvalue weighted by molar-refractivity contribution is 0.128. The number of nitrogens with one attached hydrogen (secondary N) is 1. The van der Waals surface area contributed by atoms with Crippen molar-refractivity contribution in [2.45, 2.75) is 32.2 Å². The van der Waals surface area contributed by atoms with Crippen LogP contribution in [0.3, 0.4) is 0 Å². The Labute approximate surface area is 196 Å². The Morgan fingerprint density at radius 2 is 2.03 bits per heavy atom. The molecule has 7 heteroatoms. The molecule has 1 atom stereocenters. The van der Waals surface area contributed by atoms with Crippen LogP contribution in [0.1, 0.15) is 29.3 Å². The highest BCUT2D eigenvalue weighted by Crippen LogP contribution is 2.35. The van der Waals surface area contributed by atoms with Crippen LogP contribution >= 0.6 is 11.3 Å². The Kier molecular flexibility index (Phi) is 6.17. The number of thiophene rings is 1. The number of rotatable bonds is 5. The predicted molar refractivity (Wildman–Crippen MR) is 130 cm³/mol. The number of fused-ring (bicyclic) bond motifs is 2. The van der Waals surface area contributed by atoms with Gasteiger partial charge in [0.2, 0.25) is 0 Å². The summed E-state index contributed by atoms with van der Waals surface area (Å²) in [5.74, 6) is -0.521. The van der Waals surface area contributed by atoms with Gasteiger partial charge in [-0.2, -0.15) is 0 Å². The van der Waals surface area contributed by atoms with Gasteiger partial charge in [-0.15, -0.1) is 11.3 Å². The predicted octanol–water partition coefficient (Wildman–Crippen LogP) is 3.55. The molecule has 0 radical (unpaired) electrons. The van der Waals surface area contributed by atoms with Gasteiger partial charge in [0.1, 0.15) is 16.6 Å². The molecule has 1 saturated heterocycles. The topological polar surface area (TPSA) is 31.4 Å². The number of aryl methyl sites for hydroxylation is 2. The molecule has 1 unspecified atom stereocenters. The van der Waals surface area contributed by atoms with Gasteiger partial charge in [-0.05, 0) is 56.1 Å². The SMILES string of the molecule is CCc1cc2c(s1)NC=c1cc(F)cnc1=C2N1CCN(C)C(CCc2cccc(F)c2)C1. The number of hydrogen-bond acceptors (Lipinski definition) is 5. The van der Waals surface area contributed by atoms with Gasteiger partial charge >= 0.3 is 0 Å². The second-order valence-electron chi connectivity index (χ2n) is 8.79. The van der Waals surface area contributed by atoms with Crippen molar-refractivity contribution in [1.82, 2.24) is 14.8 Å². The van der Waals surface area contributed by atoms with Crippen molar-refractivity contribution < 1.29 is 8.78 Å². The van der Waals surface area contributed by atoms with Crippen molar-refractivity contribution in [1.29, 1.82) is 0 Å². The molecule has 0 amide bonds. The van der Waals surface area contributed by atoms with Crippen molar-refractivity contribution >= 4 is 28.2 Å². The van der Waals surface area contributed by atoms with E-state index in [2.05, 4.69) is 40.1 Å². The fourth-order valence-electron chi connectivity index (χ4n) is 4.74. The zero-order valence-electron chi connectivity index (χ0n) is 18.9. The molecule has 2 aliphatic rings. The Morgan fingerprint density at radius 1 is 1.15 bits per heavy atom. The van der Waals surface area contributed by atoms with Crippen molar-refractivity contribution in [3.05, 3.63) is 80.8 Å². The summed E-state index contributed by atoms with van der Waals surface area (Å²) in [5, 5.41) is 6.06. The first-order chi connectivity index (χ1) is 16.0. The molecular formula is C26H28F2N4S. The van der Waals surface area contributed by atoms with Gasteiger partial charge in [0.05, 0.1) is 17.2 Å². The Hall–Kier alpha value is -2.77. The van der Waals surface area contributed by atoms with Gasteiger partial charge in [-0.1, -0.05) is 19.1 Å². The standard InChI is InChI=1S/C26H28F2N4S/c1-3-22-13-23-25(24-18(12-20(28)15-29-24)14-30-26(23)33-22)32-10-9-31(2)21(16-32)8-7-17-5-4-6-19(27)11-17/h4-6,11-15,21,30H,3,7-10,16H2,1-2H3. The highest BCUT2D eigenvalue weighted by Gasteiger charge is 2.29. The Balaban J connectivity index is 1.50. The average molecular weight is 467 g/mol. The lowest BCUT2D eigenvalue weighted by Crippen LogP contribution is -2.52. The minimum absolute atomic E-state index is 0.185. The van der Waals surface area contributed by atoms with E-state index in [0.29, 0.717) is 6.04 Å². The number of anilines is 1. The van der Waals surface area contributed by atoms with Gasteiger partial charge in [0.15, 0.2) is 0 Å². The second kappa shape index (κ2) is 9.23. The summed E-state index contributed by atoms with van der Waals surface area (Å²) in [6.07, 6.45) is 5.91. The number of aromatic nitrogens is 1. The summed E-state index contributed by atoms with van der Waals surface area (Å²) >= 11 is 1.74. The monoisotopic (exact) mass is 466 g/mol. The smallest absolute Gasteiger partial charge is 0.142 e. The van der Waals surface area contributed by atoms with E-state index < -0.39 is 0 Å². The normalized spacial score (nSPS) is 18.2. The third kappa shape index (κ3) is 4.52. The molecule has 172 valence electrons. The number of nitrogens with zero attached hydrogens (tertiary/aromatic N) is 3. The molecule has 1 N–H and O–H groups in total. The van der Waals surface area contributed by atoms with Crippen molar-refractivity contribution in [3.63, 3.8) is 0 Å². The molecule has 2 aliphatic heterocycles. The third-order valence-electron chi connectivity index (χ3n) is 6.60. The number of piperazine rings is 1. The third-order valence-corrected chi connectivity index (χ3v) is 7.81. The molecule has 0 bridgehead atoms. The van der Waals surface area contributed by atoms with Gasteiger partial charge in [-0.25, -0.2) is 8.78 Å². The van der Waals surface area contributed by atoms with E-state index in [9.17, 15) is 8.78 Å². The zero-order valence-corrected chi connectivity index (χ0v) is 19.8. The zero-order chi connectivity index (χ0) is 22.9. The van der Waals surface area contributed by atoms with Crippen LogP contribution in [-0.4, -0.2) is 47.5 Å². The van der Waals surface area contributed by atoms with Crippen LogP contribution in [0.5, 0.6) is 0 Å². The summed E-state index contributed by atoms with van der Waals surface area (Å²) in [6.45, 7) is 4.80. The van der Waals surface area contributed by atoms with E-state index in [1.54, 1.807) is 29.5 Å². The Bertz CT molecular complexity index is 1290. The highest BCUT2D eigenvalue weighted by molar-refractivity contribution is 7.16. The number of benzene rings is 1. The molecule has 1 fully saturated rings. The molecule has 33 heavy (non-hydrogen) atoms. The van der Waals surface area contributed by atoms with E-state index in [1.165, 1.54) is 17.1 Å². The van der Waals surface area contributed by atoms with Crippen molar-refractivity contribution in [2.24, 2.45) is 0 Å². The summed E-state index contributed by atoms with van der Waals surface area (Å²) in [7, 11) is 2.16. The van der Waals surface area contributed by atoms with Gasteiger partial charge in [-0.3, -0.25) is 9.88 Å². The maximum atomic E-state index is 14.0. The highest BCUT2D eigenvalue weighted by atomic mass is 32.1. The molecule has 0 aliphatic carbocycles. The molecule has 0 saturated carbocycles. The van der Waals surface area contributed by atoms with Gasteiger partial charge in [0, 0.05) is 47.5 Å². The average Bonchev–Trinajstić information content (AvgIpc) is 3.16. The first-order valence-electron chi connectivity index (χ1n) is 11.5. The fraction of sp³-hybridized carbons (Fsp3) is 0.346. The maximum absolute atomic E-state index is 14.0. The van der Waals surface area contributed by atoms with E-state index >= 15 is 0 Å². The van der Waals surface area contributed by atoms with Crippen LogP contribution < -0.4 is 15.9 Å². The van der Waals surface area contributed by atoms with Crippen LogP contribution in [0.2, 0.25) is 0 Å². The molecular weight excluding hydrogens is 438 g/mol. The minimum atomic E-state index is -0.336. The molecule has 5 rings (SSSR count). The summed E-state index contributed by atoms with van der Waals surface area (Å²) in [6, 6.07) is 11.0. The quantitative estimate of drug-likeness (QED) is 0.623. The molecule has 0 spiro atoms. The minimum Gasteiger partial charge on any atom is -0.366 e. The maximum Gasteiger partial charge on any atom is 0.142 e. The van der Waals surface area contributed by atoms with Crippen LogP contribution in [0, 0.1) is 11.6 Å². The van der Waals surface area contributed by atoms with Crippen LogP contribution in [0.4, 0.5) is 13.8 Å². The first kappa shape index (κ1) is 22.0. The lowest BCUT2D eigenvalue weighted by atomic mass is 10.0. The number of halogens is 2. The van der Waals surface area contributed by atoms with E-state index in [1.807, 2.05) is 12.3 Å². The summed E-state index contributed by atoms with van der Waals surface area (Å²) in [5.41, 5.74) is 3.23. The van der Waals surface area contributed by atoms with Crippen LogP contribution in [0.25, 0.3) is 11.9 Å². The van der Waals surface area contributed by atoms with Gasteiger partial charge in [0.25, 0.3) is 0 Å². The second-order valence-corrected chi connectivity index (χ2v) is 9.92. The van der Waals surface area contributed by atoms with Gasteiger partial charge < -0.3 is 10.2 Å². The molecule has 4 nitrogen and oxygen atoms in total. The fourth-order valence-corrected chi connectivity index (χ4v) is 5.71. The lowest BCUT2D eigenvalue weighted by Gasteiger charge is -2.41. The largest absolute Gasteiger partial charge is 0.366 e. The number of hydrogen-bond donors (Lipinski definition) is 1. The van der Waals surface area contributed by atoms with Crippen molar-refractivity contribution in [2.75, 3.05) is 32.0 Å². The van der Waals surface area contributed by atoms with Crippen LogP contribution in [-0.2, 0) is 12.8 Å². The summed E-state index contributed by atoms with van der Waals surface area (Å²) in [4.78, 5) is 10.6. The van der Waals surface area contributed by atoms with Crippen LogP contribution in [0.15, 0.2) is 42.6 Å². The molecule has 3 aromatic rings. The molecule has 4 heterocycles. The molecule has 1 aromatic carbocycles. The Morgan fingerprint density at radius 3 is 2.85 bits per heavy atom. The van der Waals surface area contributed by atoms with E-state index in [0.717, 1.165) is 71.3 Å². The number of likely N-dealkylation sites (N-methyl/N-ethyl adjacent to an activating group) is 1. The summed E-state index contributed by atoms with van der Waals surface area (Å²) < 4.78 is 27.6. The first-order valence-corrected chi connectivity index (χ1v) is 12.3.